The van der Waals surface area contributed by atoms with Crippen LogP contribution in [-0.4, -0.2) is 20.2 Å². The van der Waals surface area contributed by atoms with Crippen molar-refractivity contribution in [3.8, 4) is 22.9 Å². The van der Waals surface area contributed by atoms with E-state index >= 15 is 0 Å². The van der Waals surface area contributed by atoms with Crippen molar-refractivity contribution < 1.29 is 10.2 Å². The van der Waals surface area contributed by atoms with Gasteiger partial charge in [-0.25, -0.2) is 0 Å². The van der Waals surface area contributed by atoms with Gasteiger partial charge in [0.15, 0.2) is 0 Å². The Balaban J connectivity index is 1.54. The highest BCUT2D eigenvalue weighted by atomic mass is 16.3. The Bertz CT molecular complexity index is 1100. The molecule has 4 rings (SSSR count). The van der Waals surface area contributed by atoms with Gasteiger partial charge < -0.3 is 10.2 Å². The third kappa shape index (κ3) is 5.00. The molecule has 0 bridgehead atoms. The molecule has 0 aliphatic carbocycles. The smallest absolute Gasteiger partial charge is 0.115 e. The van der Waals surface area contributed by atoms with Crippen molar-refractivity contribution in [3.05, 3.63) is 107 Å². The van der Waals surface area contributed by atoms with Gasteiger partial charge in [-0.2, -0.15) is 0 Å². The van der Waals surface area contributed by atoms with Gasteiger partial charge in [0, 0.05) is 12.4 Å². The summed E-state index contributed by atoms with van der Waals surface area (Å²) in [4.78, 5) is 8.93. The third-order valence-corrected chi connectivity index (χ3v) is 4.55. The lowest BCUT2D eigenvalue weighted by Crippen LogP contribution is -1.88. The largest absolute Gasteiger partial charge is 0.508 e. The number of benzene rings is 2. The van der Waals surface area contributed by atoms with Gasteiger partial charge in [-0.15, -0.1) is 0 Å². The van der Waals surface area contributed by atoms with Gasteiger partial charge in [0.1, 0.15) is 11.5 Å². The Morgan fingerprint density at radius 3 is 1.23 bits per heavy atom. The summed E-state index contributed by atoms with van der Waals surface area (Å²) in [6, 6.07) is 22.0. The van der Waals surface area contributed by atoms with E-state index in [1.165, 1.54) is 0 Å². The van der Waals surface area contributed by atoms with Crippen LogP contribution in [0.4, 0.5) is 0 Å². The Hall–Kier alpha value is -4.18. The van der Waals surface area contributed by atoms with E-state index in [4.69, 9.17) is 0 Å². The molecule has 0 unspecified atom stereocenters. The average Bonchev–Trinajstić information content (AvgIpc) is 2.79. The molecule has 0 atom stereocenters. The predicted molar refractivity (Wildman–Crippen MR) is 122 cm³/mol. The highest BCUT2D eigenvalue weighted by Crippen LogP contribution is 2.20. The first-order valence-corrected chi connectivity index (χ1v) is 9.52. The predicted octanol–water partition coefficient (Wildman–Crippen LogP) is 5.90. The van der Waals surface area contributed by atoms with Crippen molar-refractivity contribution in [2.45, 2.75) is 0 Å². The van der Waals surface area contributed by atoms with Crippen LogP contribution >= 0.6 is 0 Å². The summed E-state index contributed by atoms with van der Waals surface area (Å²) in [7, 11) is 0. The molecule has 0 aliphatic heterocycles. The van der Waals surface area contributed by atoms with Gasteiger partial charge in [-0.1, -0.05) is 48.6 Å². The Labute approximate surface area is 175 Å². The molecule has 0 amide bonds. The second kappa shape index (κ2) is 8.88. The topological polar surface area (TPSA) is 66.2 Å². The third-order valence-electron chi connectivity index (χ3n) is 4.55. The molecule has 0 saturated carbocycles. The molecule has 2 heterocycles. The fourth-order valence-corrected chi connectivity index (χ4v) is 2.94. The number of phenolic OH excluding ortho intramolecular Hbond substituents is 2. The first kappa shape index (κ1) is 19.2. The first-order valence-electron chi connectivity index (χ1n) is 9.52. The zero-order valence-electron chi connectivity index (χ0n) is 16.2. The summed E-state index contributed by atoms with van der Waals surface area (Å²) in [5.74, 6) is 0.507. The van der Waals surface area contributed by atoms with E-state index in [9.17, 15) is 10.2 Å². The minimum Gasteiger partial charge on any atom is -0.508 e. The molecule has 0 saturated heterocycles. The van der Waals surface area contributed by atoms with Gasteiger partial charge >= 0.3 is 0 Å². The second-order valence-corrected chi connectivity index (χ2v) is 6.80. The fourth-order valence-electron chi connectivity index (χ4n) is 2.94. The fraction of sp³-hybridized carbons (Fsp3) is 0. The highest BCUT2D eigenvalue weighted by molar-refractivity contribution is 5.74. The van der Waals surface area contributed by atoms with E-state index in [0.717, 1.165) is 33.6 Å². The number of rotatable bonds is 5. The molecule has 0 aliphatic rings. The summed E-state index contributed by atoms with van der Waals surface area (Å²) >= 11 is 0. The molecule has 4 aromatic rings. The van der Waals surface area contributed by atoms with Crippen molar-refractivity contribution in [3.63, 3.8) is 0 Å². The molecular weight excluding hydrogens is 372 g/mol. The molecule has 146 valence electrons. The van der Waals surface area contributed by atoms with Crippen LogP contribution in [0.2, 0.25) is 0 Å². The number of pyridine rings is 2. The van der Waals surface area contributed by atoms with Crippen LogP contribution in [0.15, 0.2) is 85.2 Å². The van der Waals surface area contributed by atoms with Gasteiger partial charge in [0.05, 0.1) is 11.4 Å². The van der Waals surface area contributed by atoms with Crippen LogP contribution in [0.5, 0.6) is 11.5 Å². The lowest BCUT2D eigenvalue weighted by atomic mass is 10.1. The number of phenols is 2. The van der Waals surface area contributed by atoms with Crippen LogP contribution in [-0.2, 0) is 0 Å². The van der Waals surface area contributed by atoms with Gasteiger partial charge in [-0.05, 0) is 70.8 Å². The Kier molecular flexibility index (Phi) is 5.67. The van der Waals surface area contributed by atoms with E-state index in [-0.39, 0.29) is 11.5 Å². The minimum absolute atomic E-state index is 0.253. The summed E-state index contributed by atoms with van der Waals surface area (Å²) in [5.41, 5.74) is 5.63. The zero-order chi connectivity index (χ0) is 20.8. The number of hydrogen-bond donors (Lipinski definition) is 2. The maximum atomic E-state index is 9.39. The summed E-state index contributed by atoms with van der Waals surface area (Å²) in [6.45, 7) is 0. The minimum atomic E-state index is 0.253. The van der Waals surface area contributed by atoms with E-state index in [0.29, 0.717) is 0 Å². The van der Waals surface area contributed by atoms with Crippen molar-refractivity contribution in [1.29, 1.82) is 0 Å². The lowest BCUT2D eigenvalue weighted by Gasteiger charge is -2.03. The molecule has 2 aromatic heterocycles. The van der Waals surface area contributed by atoms with Crippen molar-refractivity contribution in [2.75, 3.05) is 0 Å². The van der Waals surface area contributed by atoms with Gasteiger partial charge in [-0.3, -0.25) is 9.97 Å². The monoisotopic (exact) mass is 392 g/mol. The van der Waals surface area contributed by atoms with E-state index in [1.54, 1.807) is 36.7 Å². The maximum Gasteiger partial charge on any atom is 0.115 e. The Morgan fingerprint density at radius 1 is 0.467 bits per heavy atom. The van der Waals surface area contributed by atoms with E-state index in [2.05, 4.69) is 9.97 Å². The van der Waals surface area contributed by atoms with Gasteiger partial charge in [0.2, 0.25) is 0 Å². The SMILES string of the molecule is Oc1ccc(/C=C/c2ccnc(-c3cc(/C=C/c4ccc(O)cc4)ccn3)c2)cc1. The number of hydrogen-bond acceptors (Lipinski definition) is 4. The van der Waals surface area contributed by atoms with Crippen molar-refractivity contribution in [1.82, 2.24) is 9.97 Å². The molecule has 2 aromatic carbocycles. The number of aromatic nitrogens is 2. The first-order chi connectivity index (χ1) is 14.7. The van der Waals surface area contributed by atoms with Crippen LogP contribution in [0.3, 0.4) is 0 Å². The molecular formula is C26H20N2O2. The molecule has 0 fully saturated rings. The van der Waals surface area contributed by atoms with Crippen molar-refractivity contribution in [2.24, 2.45) is 0 Å². The summed E-state index contributed by atoms with van der Waals surface area (Å²) in [5, 5.41) is 18.8. The van der Waals surface area contributed by atoms with Gasteiger partial charge in [0.25, 0.3) is 0 Å². The number of aromatic hydroxyl groups is 2. The molecule has 0 radical (unpaired) electrons. The lowest BCUT2D eigenvalue weighted by molar-refractivity contribution is 0.474. The van der Waals surface area contributed by atoms with Crippen LogP contribution in [0.1, 0.15) is 22.3 Å². The molecule has 4 nitrogen and oxygen atoms in total. The average molecular weight is 392 g/mol. The maximum absolute atomic E-state index is 9.39. The van der Waals surface area contributed by atoms with E-state index < -0.39 is 0 Å². The highest BCUT2D eigenvalue weighted by Gasteiger charge is 2.02. The van der Waals surface area contributed by atoms with Crippen LogP contribution in [0, 0.1) is 0 Å². The normalized spacial score (nSPS) is 11.3. The molecule has 2 N–H and O–H groups in total. The zero-order valence-corrected chi connectivity index (χ0v) is 16.2. The van der Waals surface area contributed by atoms with Crippen LogP contribution in [0.25, 0.3) is 35.7 Å². The molecule has 4 heteroatoms. The van der Waals surface area contributed by atoms with E-state index in [1.807, 2.05) is 72.8 Å². The number of nitrogens with zero attached hydrogens (tertiary/aromatic N) is 2. The Morgan fingerprint density at radius 2 is 0.833 bits per heavy atom. The summed E-state index contributed by atoms with van der Waals surface area (Å²) in [6.07, 6.45) is 11.5. The van der Waals surface area contributed by atoms with Crippen LogP contribution < -0.4 is 0 Å². The summed E-state index contributed by atoms with van der Waals surface area (Å²) < 4.78 is 0. The molecule has 30 heavy (non-hydrogen) atoms. The quantitative estimate of drug-likeness (QED) is 0.444. The van der Waals surface area contributed by atoms with Crippen molar-refractivity contribution >= 4 is 24.3 Å². The second-order valence-electron chi connectivity index (χ2n) is 6.80. The molecule has 0 spiro atoms. The standard InChI is InChI=1S/C26H20N2O2/c29-23-9-5-19(6-10-23)1-3-21-13-15-27-25(17-21)26-18-22(14-16-28-26)4-2-20-7-11-24(30)12-8-20/h1-18,29-30H/b3-1+,4-2+.